The Kier molecular flexibility index (Phi) is 2.80. The molecule has 0 saturated carbocycles. The fourth-order valence-corrected chi connectivity index (χ4v) is 1.07. The van der Waals surface area contributed by atoms with Gasteiger partial charge in [-0.25, -0.2) is 13.8 Å². The minimum atomic E-state index is -3.21. The van der Waals surface area contributed by atoms with E-state index < -0.39 is 28.2 Å². The maximum atomic E-state index is 12.2. The molecular formula is C6H3ClF2N2O3. The van der Waals surface area contributed by atoms with Crippen molar-refractivity contribution in [3.05, 3.63) is 37.1 Å². The van der Waals surface area contributed by atoms with Crippen LogP contribution >= 0.6 is 11.6 Å². The molecule has 0 amide bonds. The number of rotatable bonds is 2. The Balaban J connectivity index is 3.53. The Morgan fingerprint density at radius 2 is 2.14 bits per heavy atom. The Hall–Kier alpha value is -1.50. The van der Waals surface area contributed by atoms with Gasteiger partial charge in [-0.3, -0.25) is 4.79 Å². The minimum absolute atomic E-state index is 0.355. The summed E-state index contributed by atoms with van der Waals surface area (Å²) in [6.45, 7) is 0. The molecule has 1 aromatic heterocycles. The molecule has 1 N–H and O–H groups in total. The average Bonchev–Trinajstić information content (AvgIpc) is 2.01. The first-order chi connectivity index (χ1) is 6.43. The topological polar surface area (TPSA) is 76.0 Å². The fraction of sp³-hybridized carbons (Fsp3) is 0.167. The lowest BCUT2D eigenvalue weighted by atomic mass is 10.2. The van der Waals surface area contributed by atoms with E-state index in [9.17, 15) is 23.7 Å². The smallest absolute Gasteiger partial charge is 0.334 e. The number of H-pyrrole nitrogens is 1. The maximum absolute atomic E-state index is 12.2. The predicted octanol–water partition coefficient (Wildman–Crippen LogP) is 1.87. The van der Waals surface area contributed by atoms with Gasteiger partial charge in [-0.05, 0) is 16.5 Å². The zero-order valence-corrected chi connectivity index (χ0v) is 7.22. The van der Waals surface area contributed by atoms with Crippen LogP contribution in [-0.2, 0) is 0 Å². The van der Waals surface area contributed by atoms with Crippen molar-refractivity contribution >= 4 is 17.4 Å². The molecule has 14 heavy (non-hydrogen) atoms. The summed E-state index contributed by atoms with van der Waals surface area (Å²) in [6, 6.07) is 0.663. The van der Waals surface area contributed by atoms with Crippen LogP contribution in [0, 0.1) is 10.1 Å². The van der Waals surface area contributed by atoms with Gasteiger partial charge in [-0.15, -0.1) is 0 Å². The molecule has 5 nitrogen and oxygen atoms in total. The van der Waals surface area contributed by atoms with Crippen LogP contribution in [0.2, 0.25) is 5.15 Å². The van der Waals surface area contributed by atoms with E-state index >= 15 is 0 Å². The molecule has 1 rings (SSSR count). The SMILES string of the molecule is O=c1cc(Cl)[nH]c([N+](=O)[O-])c1C(F)F. The minimum Gasteiger partial charge on any atom is -0.358 e. The van der Waals surface area contributed by atoms with Crippen molar-refractivity contribution < 1.29 is 13.7 Å². The second-order valence-corrected chi connectivity index (χ2v) is 2.71. The highest BCUT2D eigenvalue weighted by Gasteiger charge is 2.25. The molecule has 0 radical (unpaired) electrons. The van der Waals surface area contributed by atoms with Crippen molar-refractivity contribution in [2.24, 2.45) is 0 Å². The van der Waals surface area contributed by atoms with E-state index in [1.54, 1.807) is 0 Å². The lowest BCUT2D eigenvalue weighted by Crippen LogP contribution is -2.13. The van der Waals surface area contributed by atoms with Crippen LogP contribution in [0.3, 0.4) is 0 Å². The van der Waals surface area contributed by atoms with Gasteiger partial charge in [0.05, 0.1) is 0 Å². The van der Waals surface area contributed by atoms with Crippen LogP contribution in [0.15, 0.2) is 10.9 Å². The van der Waals surface area contributed by atoms with Crippen molar-refractivity contribution in [3.63, 3.8) is 0 Å². The third-order valence-electron chi connectivity index (χ3n) is 1.42. The molecule has 0 bridgehead atoms. The molecule has 0 atom stereocenters. The summed E-state index contributed by atoms with van der Waals surface area (Å²) in [7, 11) is 0. The van der Waals surface area contributed by atoms with Gasteiger partial charge in [0.25, 0.3) is 6.43 Å². The zero-order valence-electron chi connectivity index (χ0n) is 6.46. The molecule has 8 heteroatoms. The highest BCUT2D eigenvalue weighted by atomic mass is 35.5. The van der Waals surface area contributed by atoms with Gasteiger partial charge >= 0.3 is 5.82 Å². The van der Waals surface area contributed by atoms with E-state index in [1.807, 2.05) is 4.98 Å². The third kappa shape index (κ3) is 1.87. The molecule has 0 aromatic carbocycles. The molecule has 76 valence electrons. The summed E-state index contributed by atoms with van der Waals surface area (Å²) in [5, 5.41) is 9.92. The van der Waals surface area contributed by atoms with Gasteiger partial charge in [0.1, 0.15) is 0 Å². The lowest BCUT2D eigenvalue weighted by molar-refractivity contribution is -0.391. The number of alkyl halides is 2. The van der Waals surface area contributed by atoms with E-state index in [2.05, 4.69) is 0 Å². The summed E-state index contributed by atoms with van der Waals surface area (Å²) in [4.78, 5) is 22.0. The van der Waals surface area contributed by atoms with Gasteiger partial charge in [0, 0.05) is 6.07 Å². The molecular weight excluding hydrogens is 222 g/mol. The van der Waals surface area contributed by atoms with Gasteiger partial charge in [0.15, 0.2) is 10.7 Å². The molecule has 1 heterocycles. The Morgan fingerprint density at radius 1 is 1.57 bits per heavy atom. The fourth-order valence-electron chi connectivity index (χ4n) is 0.881. The van der Waals surface area contributed by atoms with E-state index in [-0.39, 0.29) is 5.15 Å². The molecule has 0 aliphatic carbocycles. The van der Waals surface area contributed by atoms with Crippen LogP contribution in [0.1, 0.15) is 12.0 Å². The molecule has 0 aliphatic rings. The van der Waals surface area contributed by atoms with E-state index in [1.165, 1.54) is 0 Å². The number of nitro groups is 1. The quantitative estimate of drug-likeness (QED) is 0.473. The van der Waals surface area contributed by atoms with Crippen molar-refractivity contribution in [1.29, 1.82) is 0 Å². The Morgan fingerprint density at radius 3 is 2.57 bits per heavy atom. The number of halogens is 3. The van der Waals surface area contributed by atoms with Gasteiger partial charge in [-0.1, -0.05) is 0 Å². The summed E-state index contributed by atoms with van der Waals surface area (Å²) in [5.74, 6) is -1.07. The van der Waals surface area contributed by atoms with E-state index in [4.69, 9.17) is 11.6 Å². The first-order valence-electron chi connectivity index (χ1n) is 3.28. The predicted molar refractivity (Wildman–Crippen MR) is 43.7 cm³/mol. The first kappa shape index (κ1) is 10.6. The van der Waals surface area contributed by atoms with E-state index in [0.29, 0.717) is 6.07 Å². The molecule has 0 unspecified atom stereocenters. The number of hydrogen-bond donors (Lipinski definition) is 1. The summed E-state index contributed by atoms with van der Waals surface area (Å²) in [5.41, 5.74) is -2.34. The largest absolute Gasteiger partial charge is 0.358 e. The highest BCUT2D eigenvalue weighted by Crippen LogP contribution is 2.24. The molecule has 1 aromatic rings. The molecule has 0 aliphatic heterocycles. The molecule has 0 spiro atoms. The normalized spacial score (nSPS) is 10.6. The van der Waals surface area contributed by atoms with Gasteiger partial charge in [-0.2, -0.15) is 0 Å². The number of hydrogen-bond acceptors (Lipinski definition) is 3. The van der Waals surface area contributed by atoms with Gasteiger partial charge in [0.2, 0.25) is 5.43 Å². The Bertz CT molecular complexity index is 432. The summed E-state index contributed by atoms with van der Waals surface area (Å²) in [6.07, 6.45) is -3.21. The number of nitrogens with one attached hydrogen (secondary N) is 1. The standard InChI is InChI=1S/C6H3ClF2N2O3/c7-3-1-2(12)4(5(8)9)6(10-3)11(13)14/h1,5H,(H,10,12). The van der Waals surface area contributed by atoms with Crippen LogP contribution in [0.25, 0.3) is 0 Å². The maximum Gasteiger partial charge on any atom is 0.334 e. The highest BCUT2D eigenvalue weighted by molar-refractivity contribution is 6.29. The third-order valence-corrected chi connectivity index (χ3v) is 1.62. The van der Waals surface area contributed by atoms with Crippen LogP contribution in [0.4, 0.5) is 14.6 Å². The lowest BCUT2D eigenvalue weighted by Gasteiger charge is -2.01. The number of aromatic amines is 1. The van der Waals surface area contributed by atoms with E-state index in [0.717, 1.165) is 0 Å². The zero-order chi connectivity index (χ0) is 10.9. The molecule has 0 saturated heterocycles. The van der Waals surface area contributed by atoms with Crippen molar-refractivity contribution in [3.8, 4) is 0 Å². The number of aromatic nitrogens is 1. The second kappa shape index (κ2) is 3.70. The van der Waals surface area contributed by atoms with Crippen LogP contribution in [0.5, 0.6) is 0 Å². The number of pyridine rings is 1. The number of nitrogens with zero attached hydrogens (tertiary/aromatic N) is 1. The summed E-state index contributed by atoms with van der Waals surface area (Å²) < 4.78 is 24.4. The summed E-state index contributed by atoms with van der Waals surface area (Å²) >= 11 is 5.27. The van der Waals surface area contributed by atoms with Crippen molar-refractivity contribution in [1.82, 2.24) is 4.98 Å². The van der Waals surface area contributed by atoms with Gasteiger partial charge < -0.3 is 10.1 Å². The second-order valence-electron chi connectivity index (χ2n) is 2.30. The first-order valence-corrected chi connectivity index (χ1v) is 3.66. The van der Waals surface area contributed by atoms with Crippen molar-refractivity contribution in [2.45, 2.75) is 6.43 Å². The Labute approximate surface area is 80.5 Å². The average molecular weight is 225 g/mol. The van der Waals surface area contributed by atoms with Crippen LogP contribution < -0.4 is 5.43 Å². The monoisotopic (exact) mass is 224 g/mol. The van der Waals surface area contributed by atoms with Crippen molar-refractivity contribution in [2.75, 3.05) is 0 Å². The molecule has 0 fully saturated rings. The van der Waals surface area contributed by atoms with Crippen LogP contribution in [-0.4, -0.2) is 9.91 Å².